The molecule has 0 aromatic rings. The Morgan fingerprint density at radius 2 is 2.09 bits per heavy atom. The molecule has 11 heavy (non-hydrogen) atoms. The van der Waals surface area contributed by atoms with Gasteiger partial charge in [-0.1, -0.05) is 6.42 Å². The zero-order chi connectivity index (χ0) is 7.47. The second-order valence-electron chi connectivity index (χ2n) is 4.80. The van der Waals surface area contributed by atoms with E-state index in [4.69, 9.17) is 0 Å². The van der Waals surface area contributed by atoms with Crippen molar-refractivity contribution in [2.75, 3.05) is 0 Å². The van der Waals surface area contributed by atoms with Gasteiger partial charge in [-0.2, -0.15) is 0 Å². The maximum absolute atomic E-state index is 11.1. The van der Waals surface area contributed by atoms with Crippen LogP contribution in [0, 0.1) is 17.3 Å². The van der Waals surface area contributed by atoms with Crippen LogP contribution in [0.2, 0.25) is 0 Å². The number of rotatable bonds is 0. The average Bonchev–Trinajstić information content (AvgIpc) is 2.21. The summed E-state index contributed by atoms with van der Waals surface area (Å²) in [6.07, 6.45) is 7.85. The van der Waals surface area contributed by atoms with Crippen LogP contribution in [-0.4, -0.2) is 5.78 Å². The quantitative estimate of drug-likeness (QED) is 0.517. The molecule has 1 heteroatoms. The molecule has 3 aliphatic carbocycles. The molecular formula is C10H14O. The van der Waals surface area contributed by atoms with Gasteiger partial charge in [-0.15, -0.1) is 0 Å². The van der Waals surface area contributed by atoms with Gasteiger partial charge >= 0.3 is 0 Å². The predicted molar refractivity (Wildman–Crippen MR) is 42.1 cm³/mol. The van der Waals surface area contributed by atoms with E-state index in [0.29, 0.717) is 17.1 Å². The van der Waals surface area contributed by atoms with Crippen LogP contribution < -0.4 is 0 Å². The van der Waals surface area contributed by atoms with Gasteiger partial charge in [0.1, 0.15) is 5.78 Å². The van der Waals surface area contributed by atoms with E-state index in [2.05, 4.69) is 0 Å². The Morgan fingerprint density at radius 1 is 1.27 bits per heavy atom. The van der Waals surface area contributed by atoms with Crippen LogP contribution in [0.15, 0.2) is 0 Å². The first-order chi connectivity index (χ1) is 5.29. The summed E-state index contributed by atoms with van der Waals surface area (Å²) in [5.41, 5.74) is 0.682. The Bertz CT molecular complexity index is 215. The van der Waals surface area contributed by atoms with E-state index in [-0.39, 0.29) is 0 Å². The Hall–Kier alpha value is -0.330. The lowest BCUT2D eigenvalue weighted by Crippen LogP contribution is -2.32. The second kappa shape index (κ2) is 1.70. The molecule has 3 fully saturated rings. The van der Waals surface area contributed by atoms with Gasteiger partial charge in [0.15, 0.2) is 0 Å². The Kier molecular flexibility index (Phi) is 0.961. The van der Waals surface area contributed by atoms with Crippen LogP contribution in [-0.2, 0) is 4.79 Å². The first-order valence-corrected chi connectivity index (χ1v) is 4.82. The molecule has 60 valence electrons. The van der Waals surface area contributed by atoms with Crippen molar-refractivity contribution < 1.29 is 4.79 Å². The van der Waals surface area contributed by atoms with Crippen LogP contribution in [0.25, 0.3) is 0 Å². The molecule has 0 aromatic heterocycles. The molecule has 0 aromatic carbocycles. The molecule has 0 saturated heterocycles. The number of Topliss-reactive ketones (excluding diaryl/α,β-unsaturated/α-hetero) is 1. The number of carbonyl (C=O) groups is 1. The number of hydrogen-bond acceptors (Lipinski definition) is 1. The van der Waals surface area contributed by atoms with Crippen molar-refractivity contribution in [3.05, 3.63) is 0 Å². The summed E-state index contributed by atoms with van der Waals surface area (Å²) in [7, 11) is 0. The lowest BCUT2D eigenvalue weighted by molar-refractivity contribution is -0.132. The summed E-state index contributed by atoms with van der Waals surface area (Å²) in [6, 6.07) is 0. The summed E-state index contributed by atoms with van der Waals surface area (Å²) in [5.74, 6) is 1.91. The van der Waals surface area contributed by atoms with Crippen molar-refractivity contribution in [1.29, 1.82) is 0 Å². The lowest BCUT2D eigenvalue weighted by atomic mass is 9.67. The van der Waals surface area contributed by atoms with E-state index < -0.39 is 0 Å². The van der Waals surface area contributed by atoms with Gasteiger partial charge in [0.2, 0.25) is 0 Å². The average molecular weight is 150 g/mol. The Balaban J connectivity index is 1.81. The highest BCUT2D eigenvalue weighted by Crippen LogP contribution is 2.61. The highest BCUT2D eigenvalue weighted by Gasteiger charge is 2.55. The maximum atomic E-state index is 11.1. The summed E-state index contributed by atoms with van der Waals surface area (Å²) in [4.78, 5) is 11.1. The Labute approximate surface area is 67.2 Å². The van der Waals surface area contributed by atoms with Crippen molar-refractivity contribution in [2.45, 2.75) is 38.5 Å². The molecule has 0 heterocycles. The first-order valence-electron chi connectivity index (χ1n) is 4.82. The van der Waals surface area contributed by atoms with Gasteiger partial charge in [0, 0.05) is 12.3 Å². The number of carbonyl (C=O) groups excluding carboxylic acids is 1. The van der Waals surface area contributed by atoms with E-state index in [9.17, 15) is 4.79 Å². The van der Waals surface area contributed by atoms with Crippen LogP contribution in [0.3, 0.4) is 0 Å². The fraction of sp³-hybridized carbons (Fsp3) is 0.900. The highest BCUT2D eigenvalue weighted by molar-refractivity contribution is 5.88. The zero-order valence-electron chi connectivity index (χ0n) is 6.81. The van der Waals surface area contributed by atoms with Crippen molar-refractivity contribution in [2.24, 2.45) is 17.3 Å². The third-order valence-corrected chi connectivity index (χ3v) is 4.21. The molecule has 3 saturated carbocycles. The fourth-order valence-electron chi connectivity index (χ4n) is 3.34. The topological polar surface area (TPSA) is 17.1 Å². The minimum atomic E-state index is 0.523. The number of ketones is 1. The van der Waals surface area contributed by atoms with Gasteiger partial charge in [-0.25, -0.2) is 0 Å². The highest BCUT2D eigenvalue weighted by atomic mass is 16.1. The van der Waals surface area contributed by atoms with Gasteiger partial charge < -0.3 is 0 Å². The zero-order valence-corrected chi connectivity index (χ0v) is 6.81. The predicted octanol–water partition coefficient (Wildman–Crippen LogP) is 2.16. The Morgan fingerprint density at radius 3 is 2.55 bits per heavy atom. The lowest BCUT2D eigenvalue weighted by Gasteiger charge is -2.38. The SMILES string of the molecule is O=C1C[C@H]2CC3(CCC3)C[C@@H]12. The van der Waals surface area contributed by atoms with E-state index >= 15 is 0 Å². The van der Waals surface area contributed by atoms with Gasteiger partial charge in [0.25, 0.3) is 0 Å². The van der Waals surface area contributed by atoms with Crippen LogP contribution in [0.5, 0.6) is 0 Å². The van der Waals surface area contributed by atoms with E-state index in [1.165, 1.54) is 32.1 Å². The van der Waals surface area contributed by atoms with E-state index in [1.807, 2.05) is 0 Å². The largest absolute Gasteiger partial charge is 0.299 e. The van der Waals surface area contributed by atoms with E-state index in [1.54, 1.807) is 0 Å². The molecule has 0 N–H and O–H groups in total. The normalized spacial score (nSPS) is 44.9. The summed E-state index contributed by atoms with van der Waals surface area (Å²) in [5, 5.41) is 0. The number of hydrogen-bond donors (Lipinski definition) is 0. The first kappa shape index (κ1) is 6.22. The van der Waals surface area contributed by atoms with Gasteiger partial charge in [-0.05, 0) is 37.0 Å². The maximum Gasteiger partial charge on any atom is 0.136 e. The van der Waals surface area contributed by atoms with Crippen molar-refractivity contribution >= 4 is 5.78 Å². The van der Waals surface area contributed by atoms with Gasteiger partial charge in [-0.3, -0.25) is 4.79 Å². The summed E-state index contributed by atoms with van der Waals surface area (Å²) >= 11 is 0. The molecule has 0 amide bonds. The minimum absolute atomic E-state index is 0.523. The molecule has 3 rings (SSSR count). The van der Waals surface area contributed by atoms with Crippen LogP contribution in [0.4, 0.5) is 0 Å². The summed E-state index contributed by atoms with van der Waals surface area (Å²) in [6.45, 7) is 0. The minimum Gasteiger partial charge on any atom is -0.299 e. The fourth-order valence-corrected chi connectivity index (χ4v) is 3.34. The standard InChI is InChI=1S/C10H14O/c11-9-4-7-5-10(2-1-3-10)6-8(7)9/h7-8H,1-6H2/t7-,8+/m0/s1. The molecule has 0 unspecified atom stereocenters. The third-order valence-electron chi connectivity index (χ3n) is 4.21. The molecule has 2 atom stereocenters. The smallest absolute Gasteiger partial charge is 0.136 e. The van der Waals surface area contributed by atoms with Gasteiger partial charge in [0.05, 0.1) is 0 Å². The molecular weight excluding hydrogens is 136 g/mol. The van der Waals surface area contributed by atoms with Crippen molar-refractivity contribution in [1.82, 2.24) is 0 Å². The number of fused-ring (bicyclic) bond motifs is 1. The summed E-state index contributed by atoms with van der Waals surface area (Å²) < 4.78 is 0. The molecule has 3 aliphatic rings. The van der Waals surface area contributed by atoms with E-state index in [0.717, 1.165) is 12.3 Å². The molecule has 1 nitrogen and oxygen atoms in total. The van der Waals surface area contributed by atoms with Crippen LogP contribution >= 0.6 is 0 Å². The molecule has 1 spiro atoms. The second-order valence-corrected chi connectivity index (χ2v) is 4.80. The molecule has 0 radical (unpaired) electrons. The monoisotopic (exact) mass is 150 g/mol. The molecule has 0 aliphatic heterocycles. The molecule has 0 bridgehead atoms. The third kappa shape index (κ3) is 0.646. The van der Waals surface area contributed by atoms with Crippen molar-refractivity contribution in [3.63, 3.8) is 0 Å². The van der Waals surface area contributed by atoms with Crippen molar-refractivity contribution in [3.8, 4) is 0 Å². The van der Waals surface area contributed by atoms with Crippen LogP contribution in [0.1, 0.15) is 38.5 Å².